The lowest BCUT2D eigenvalue weighted by Gasteiger charge is -2.32. The Labute approximate surface area is 163 Å². The molecule has 0 spiro atoms. The minimum Gasteiger partial charge on any atom is -0.338 e. The molecule has 4 rings (SSSR count). The van der Waals surface area contributed by atoms with Crippen LogP contribution in [-0.2, 0) is 6.42 Å². The summed E-state index contributed by atoms with van der Waals surface area (Å²) in [4.78, 5) is 24.5. The van der Waals surface area contributed by atoms with Gasteiger partial charge in [0.1, 0.15) is 9.88 Å². The highest BCUT2D eigenvalue weighted by Crippen LogP contribution is 2.30. The van der Waals surface area contributed by atoms with Crippen molar-refractivity contribution in [3.05, 3.63) is 71.0 Å². The Morgan fingerprint density at radius 1 is 1.15 bits per heavy atom. The first-order valence-electron chi connectivity index (χ1n) is 9.42. The van der Waals surface area contributed by atoms with E-state index in [1.54, 1.807) is 12.4 Å². The van der Waals surface area contributed by atoms with Gasteiger partial charge in [-0.15, -0.1) is 11.3 Å². The van der Waals surface area contributed by atoms with Crippen LogP contribution in [-0.4, -0.2) is 33.9 Å². The fourth-order valence-corrected chi connectivity index (χ4v) is 4.66. The predicted octanol–water partition coefficient (Wildman–Crippen LogP) is 4.61. The van der Waals surface area contributed by atoms with E-state index >= 15 is 0 Å². The van der Waals surface area contributed by atoms with Crippen molar-refractivity contribution in [3.8, 4) is 10.6 Å². The van der Waals surface area contributed by atoms with E-state index in [-0.39, 0.29) is 5.91 Å². The van der Waals surface area contributed by atoms with Crippen molar-refractivity contribution >= 4 is 17.2 Å². The highest BCUT2D eigenvalue weighted by molar-refractivity contribution is 7.17. The Kier molecular flexibility index (Phi) is 5.30. The third-order valence-corrected chi connectivity index (χ3v) is 6.36. The molecule has 1 aromatic carbocycles. The molecule has 1 aliphatic heterocycles. The molecule has 4 nitrogen and oxygen atoms in total. The monoisotopic (exact) mass is 377 g/mol. The summed E-state index contributed by atoms with van der Waals surface area (Å²) in [6.07, 6.45) is 6.77. The summed E-state index contributed by atoms with van der Waals surface area (Å²) in [5.41, 5.74) is 3.17. The lowest BCUT2D eigenvalue weighted by molar-refractivity contribution is 0.0694. The molecule has 0 bridgehead atoms. The van der Waals surface area contributed by atoms with Crippen LogP contribution in [0.5, 0.6) is 0 Å². The van der Waals surface area contributed by atoms with E-state index in [4.69, 9.17) is 0 Å². The molecule has 0 N–H and O–H groups in total. The standard InChI is InChI=1S/C22H23N3OS/c1-16-20(27-21(24-16)19-8-5-11-23-15-19)22(26)25-12-9-18(10-13-25)14-17-6-3-2-4-7-17/h2-8,11,15,18H,9-10,12-14H2,1H3. The van der Waals surface area contributed by atoms with E-state index in [2.05, 4.69) is 40.3 Å². The van der Waals surface area contributed by atoms with E-state index in [9.17, 15) is 4.79 Å². The smallest absolute Gasteiger partial charge is 0.265 e. The molecule has 1 aliphatic rings. The van der Waals surface area contributed by atoms with Crippen LogP contribution in [0.15, 0.2) is 54.9 Å². The van der Waals surface area contributed by atoms with Gasteiger partial charge in [-0.25, -0.2) is 4.98 Å². The second-order valence-electron chi connectivity index (χ2n) is 7.10. The number of aromatic nitrogens is 2. The Balaban J connectivity index is 1.40. The largest absolute Gasteiger partial charge is 0.338 e. The zero-order chi connectivity index (χ0) is 18.6. The van der Waals surface area contributed by atoms with E-state index in [1.165, 1.54) is 16.9 Å². The maximum atomic E-state index is 13.0. The van der Waals surface area contributed by atoms with Gasteiger partial charge in [-0.1, -0.05) is 30.3 Å². The molecule has 3 heterocycles. The fraction of sp³-hybridized carbons (Fsp3) is 0.318. The molecule has 0 aliphatic carbocycles. The molecule has 0 atom stereocenters. The minimum absolute atomic E-state index is 0.123. The number of thiazole rings is 1. The molecule has 0 radical (unpaired) electrons. The zero-order valence-electron chi connectivity index (χ0n) is 15.5. The highest BCUT2D eigenvalue weighted by atomic mass is 32.1. The molecular formula is C22H23N3OS. The number of aryl methyl sites for hydroxylation is 1. The number of amides is 1. The summed E-state index contributed by atoms with van der Waals surface area (Å²) in [6.45, 7) is 3.58. The summed E-state index contributed by atoms with van der Waals surface area (Å²) in [6, 6.07) is 14.5. The SMILES string of the molecule is Cc1nc(-c2cccnc2)sc1C(=O)N1CCC(Cc2ccccc2)CC1. The number of rotatable bonds is 4. The van der Waals surface area contributed by atoms with Gasteiger partial charge in [-0.2, -0.15) is 0 Å². The average molecular weight is 378 g/mol. The molecule has 5 heteroatoms. The molecule has 1 fully saturated rings. The summed E-state index contributed by atoms with van der Waals surface area (Å²) < 4.78 is 0. The second-order valence-corrected chi connectivity index (χ2v) is 8.10. The van der Waals surface area contributed by atoms with Crippen LogP contribution in [0, 0.1) is 12.8 Å². The number of likely N-dealkylation sites (tertiary alicyclic amines) is 1. The summed E-state index contributed by atoms with van der Waals surface area (Å²) >= 11 is 1.48. The van der Waals surface area contributed by atoms with Crippen molar-refractivity contribution in [2.45, 2.75) is 26.2 Å². The number of carbonyl (C=O) groups is 1. The lowest BCUT2D eigenvalue weighted by Crippen LogP contribution is -2.38. The molecule has 27 heavy (non-hydrogen) atoms. The van der Waals surface area contributed by atoms with Crippen molar-refractivity contribution in [2.24, 2.45) is 5.92 Å². The Morgan fingerprint density at radius 2 is 1.93 bits per heavy atom. The number of carbonyl (C=O) groups excluding carboxylic acids is 1. The number of benzene rings is 1. The third kappa shape index (κ3) is 4.08. The average Bonchev–Trinajstić information content (AvgIpc) is 3.11. The fourth-order valence-electron chi connectivity index (χ4n) is 3.64. The van der Waals surface area contributed by atoms with Crippen molar-refractivity contribution in [3.63, 3.8) is 0 Å². The Bertz CT molecular complexity index is 900. The molecule has 138 valence electrons. The quantitative estimate of drug-likeness (QED) is 0.667. The van der Waals surface area contributed by atoms with Crippen LogP contribution in [0.4, 0.5) is 0 Å². The number of piperidine rings is 1. The van der Waals surface area contributed by atoms with Crippen LogP contribution < -0.4 is 0 Å². The predicted molar refractivity (Wildman–Crippen MR) is 109 cm³/mol. The lowest BCUT2D eigenvalue weighted by atomic mass is 9.90. The maximum Gasteiger partial charge on any atom is 0.265 e. The van der Waals surface area contributed by atoms with Crippen LogP contribution in [0.2, 0.25) is 0 Å². The van der Waals surface area contributed by atoms with Gasteiger partial charge in [-0.3, -0.25) is 9.78 Å². The van der Waals surface area contributed by atoms with Crippen LogP contribution in [0.1, 0.15) is 33.8 Å². The topological polar surface area (TPSA) is 46.1 Å². The van der Waals surface area contributed by atoms with Crippen LogP contribution in [0.25, 0.3) is 10.6 Å². The van der Waals surface area contributed by atoms with E-state index in [0.717, 1.165) is 53.5 Å². The minimum atomic E-state index is 0.123. The van der Waals surface area contributed by atoms with E-state index in [0.29, 0.717) is 5.92 Å². The van der Waals surface area contributed by atoms with Gasteiger partial charge in [0.15, 0.2) is 0 Å². The van der Waals surface area contributed by atoms with Gasteiger partial charge in [0, 0.05) is 31.0 Å². The summed E-state index contributed by atoms with van der Waals surface area (Å²) in [7, 11) is 0. The molecule has 2 aromatic heterocycles. The first-order chi connectivity index (χ1) is 13.2. The highest BCUT2D eigenvalue weighted by Gasteiger charge is 2.26. The summed E-state index contributed by atoms with van der Waals surface area (Å²) in [5, 5.41) is 0.864. The zero-order valence-corrected chi connectivity index (χ0v) is 16.3. The molecule has 1 amide bonds. The number of nitrogens with zero attached hydrogens (tertiary/aromatic N) is 3. The Morgan fingerprint density at radius 3 is 2.63 bits per heavy atom. The van der Waals surface area contributed by atoms with Crippen LogP contribution in [0.3, 0.4) is 0 Å². The van der Waals surface area contributed by atoms with Crippen molar-refractivity contribution < 1.29 is 4.79 Å². The van der Waals surface area contributed by atoms with Gasteiger partial charge in [0.2, 0.25) is 0 Å². The molecule has 0 unspecified atom stereocenters. The van der Waals surface area contributed by atoms with E-state index < -0.39 is 0 Å². The molecule has 1 saturated heterocycles. The third-order valence-electron chi connectivity index (χ3n) is 5.17. The van der Waals surface area contributed by atoms with Gasteiger partial charge >= 0.3 is 0 Å². The first-order valence-corrected chi connectivity index (χ1v) is 10.2. The number of hydrogen-bond donors (Lipinski definition) is 0. The molecule has 0 saturated carbocycles. The van der Waals surface area contributed by atoms with Gasteiger partial charge in [0.05, 0.1) is 5.69 Å². The van der Waals surface area contributed by atoms with Crippen molar-refractivity contribution in [1.82, 2.24) is 14.9 Å². The van der Waals surface area contributed by atoms with E-state index in [1.807, 2.05) is 24.0 Å². The second kappa shape index (κ2) is 8.01. The van der Waals surface area contributed by atoms with Gasteiger partial charge in [-0.05, 0) is 49.8 Å². The Hall–Kier alpha value is -2.53. The number of pyridine rings is 1. The summed E-state index contributed by atoms with van der Waals surface area (Å²) in [5.74, 6) is 0.781. The van der Waals surface area contributed by atoms with Gasteiger partial charge in [0.25, 0.3) is 5.91 Å². The maximum absolute atomic E-state index is 13.0. The molecule has 3 aromatic rings. The molecular weight excluding hydrogens is 354 g/mol. The van der Waals surface area contributed by atoms with Crippen molar-refractivity contribution in [1.29, 1.82) is 0 Å². The number of hydrogen-bond acceptors (Lipinski definition) is 4. The first kappa shape index (κ1) is 17.9. The van der Waals surface area contributed by atoms with Crippen LogP contribution >= 0.6 is 11.3 Å². The normalized spacial score (nSPS) is 15.1. The van der Waals surface area contributed by atoms with Crippen molar-refractivity contribution in [2.75, 3.05) is 13.1 Å². The van der Waals surface area contributed by atoms with Gasteiger partial charge < -0.3 is 4.90 Å².